The SMILES string of the molecule is CC(Oc1cccc(CNC(c2nc3ccccc3o2)c2cccc3ccccc23)c1)C(=O)O. The quantitative estimate of drug-likeness (QED) is 0.314. The zero-order chi connectivity index (χ0) is 23.5. The molecule has 0 radical (unpaired) electrons. The van der Waals surface area contributed by atoms with E-state index in [1.54, 1.807) is 6.07 Å². The van der Waals surface area contributed by atoms with E-state index in [0.29, 0.717) is 18.2 Å². The summed E-state index contributed by atoms with van der Waals surface area (Å²) in [7, 11) is 0. The van der Waals surface area contributed by atoms with Crippen LogP contribution in [0, 0.1) is 0 Å². The van der Waals surface area contributed by atoms with Gasteiger partial charge in [0.1, 0.15) is 17.3 Å². The number of oxazole rings is 1. The van der Waals surface area contributed by atoms with E-state index >= 15 is 0 Å². The summed E-state index contributed by atoms with van der Waals surface area (Å²) in [6.45, 7) is 2.02. The summed E-state index contributed by atoms with van der Waals surface area (Å²) in [5, 5.41) is 15.0. The van der Waals surface area contributed by atoms with Gasteiger partial charge in [0, 0.05) is 6.54 Å². The van der Waals surface area contributed by atoms with E-state index < -0.39 is 12.1 Å². The van der Waals surface area contributed by atoms with Crippen LogP contribution in [-0.4, -0.2) is 22.2 Å². The van der Waals surface area contributed by atoms with Gasteiger partial charge in [-0.05, 0) is 53.1 Å². The number of carboxylic acid groups (broad SMARTS) is 1. The van der Waals surface area contributed by atoms with Crippen molar-refractivity contribution in [2.75, 3.05) is 0 Å². The number of ether oxygens (including phenoxy) is 1. The number of para-hydroxylation sites is 2. The average molecular weight is 453 g/mol. The number of hydrogen-bond acceptors (Lipinski definition) is 5. The Kier molecular flexibility index (Phi) is 5.97. The molecule has 6 nitrogen and oxygen atoms in total. The number of nitrogens with one attached hydrogen (secondary N) is 1. The molecule has 2 atom stereocenters. The van der Waals surface area contributed by atoms with Crippen LogP contribution >= 0.6 is 0 Å². The summed E-state index contributed by atoms with van der Waals surface area (Å²) >= 11 is 0. The Morgan fingerprint density at radius 1 is 1.00 bits per heavy atom. The van der Waals surface area contributed by atoms with Gasteiger partial charge in [0.15, 0.2) is 11.7 Å². The van der Waals surface area contributed by atoms with Crippen LogP contribution in [0.15, 0.2) is 95.4 Å². The summed E-state index contributed by atoms with van der Waals surface area (Å²) in [6, 6.07) is 29.3. The molecule has 4 aromatic carbocycles. The van der Waals surface area contributed by atoms with Crippen molar-refractivity contribution < 1.29 is 19.1 Å². The van der Waals surface area contributed by atoms with Crippen molar-refractivity contribution in [1.82, 2.24) is 10.3 Å². The number of hydrogen-bond donors (Lipinski definition) is 2. The summed E-state index contributed by atoms with van der Waals surface area (Å²) in [5.41, 5.74) is 3.57. The molecule has 0 aliphatic rings. The molecule has 5 aromatic rings. The van der Waals surface area contributed by atoms with E-state index in [-0.39, 0.29) is 6.04 Å². The van der Waals surface area contributed by atoms with Gasteiger partial charge in [0.25, 0.3) is 0 Å². The molecule has 0 bridgehead atoms. The molecule has 0 amide bonds. The number of carboxylic acids is 1. The molecule has 1 heterocycles. The first-order valence-corrected chi connectivity index (χ1v) is 11.1. The number of benzene rings is 4. The molecule has 0 saturated carbocycles. The fraction of sp³-hybridized carbons (Fsp3) is 0.143. The average Bonchev–Trinajstić information content (AvgIpc) is 3.28. The van der Waals surface area contributed by atoms with Crippen molar-refractivity contribution in [2.45, 2.75) is 25.6 Å². The highest BCUT2D eigenvalue weighted by atomic mass is 16.5. The van der Waals surface area contributed by atoms with Gasteiger partial charge in [-0.3, -0.25) is 5.32 Å². The van der Waals surface area contributed by atoms with Crippen LogP contribution in [0.3, 0.4) is 0 Å². The van der Waals surface area contributed by atoms with Crippen LogP contribution in [0.25, 0.3) is 21.9 Å². The van der Waals surface area contributed by atoms with Crippen LogP contribution in [-0.2, 0) is 11.3 Å². The highest BCUT2D eigenvalue weighted by Gasteiger charge is 2.22. The minimum absolute atomic E-state index is 0.291. The van der Waals surface area contributed by atoms with E-state index in [4.69, 9.17) is 19.2 Å². The number of aromatic nitrogens is 1. The first-order valence-electron chi connectivity index (χ1n) is 11.1. The van der Waals surface area contributed by atoms with Crippen LogP contribution in [0.1, 0.15) is 30.0 Å². The van der Waals surface area contributed by atoms with E-state index in [2.05, 4.69) is 29.6 Å². The highest BCUT2D eigenvalue weighted by molar-refractivity contribution is 5.86. The molecule has 2 N–H and O–H groups in total. The van der Waals surface area contributed by atoms with Crippen molar-refractivity contribution >= 4 is 27.8 Å². The largest absolute Gasteiger partial charge is 0.479 e. The maximum atomic E-state index is 11.1. The molecule has 0 saturated heterocycles. The second kappa shape index (κ2) is 9.37. The summed E-state index contributed by atoms with van der Waals surface area (Å²) < 4.78 is 11.7. The van der Waals surface area contributed by atoms with Gasteiger partial charge in [0.2, 0.25) is 5.89 Å². The minimum Gasteiger partial charge on any atom is -0.479 e. The molecule has 2 unspecified atom stereocenters. The Balaban J connectivity index is 1.49. The Hall–Kier alpha value is -4.16. The molecule has 0 spiro atoms. The lowest BCUT2D eigenvalue weighted by molar-refractivity contribution is -0.144. The second-order valence-corrected chi connectivity index (χ2v) is 8.15. The van der Waals surface area contributed by atoms with Crippen LogP contribution in [0.4, 0.5) is 0 Å². The molecular weight excluding hydrogens is 428 g/mol. The summed E-state index contributed by atoms with van der Waals surface area (Å²) in [6.07, 6.45) is -0.925. The summed E-state index contributed by atoms with van der Waals surface area (Å²) in [4.78, 5) is 15.9. The van der Waals surface area contributed by atoms with E-state index in [0.717, 1.165) is 33.0 Å². The molecule has 5 rings (SSSR count). The molecule has 0 fully saturated rings. The topological polar surface area (TPSA) is 84.6 Å². The predicted molar refractivity (Wildman–Crippen MR) is 131 cm³/mol. The van der Waals surface area contributed by atoms with Crippen molar-refractivity contribution in [3.05, 3.63) is 108 Å². The third-order valence-electron chi connectivity index (χ3n) is 5.76. The van der Waals surface area contributed by atoms with E-state index in [1.807, 2.05) is 60.7 Å². The Morgan fingerprint density at radius 2 is 1.76 bits per heavy atom. The van der Waals surface area contributed by atoms with Crippen LogP contribution < -0.4 is 10.1 Å². The Labute approximate surface area is 196 Å². The normalized spacial score (nSPS) is 13.1. The molecule has 170 valence electrons. The van der Waals surface area contributed by atoms with Gasteiger partial charge in [0.05, 0.1) is 0 Å². The zero-order valence-corrected chi connectivity index (χ0v) is 18.6. The molecule has 34 heavy (non-hydrogen) atoms. The Morgan fingerprint density at radius 3 is 2.62 bits per heavy atom. The van der Waals surface area contributed by atoms with Gasteiger partial charge < -0.3 is 14.3 Å². The van der Waals surface area contributed by atoms with Gasteiger partial charge >= 0.3 is 5.97 Å². The number of carbonyl (C=O) groups is 1. The van der Waals surface area contributed by atoms with Gasteiger partial charge in [-0.25, -0.2) is 9.78 Å². The first kappa shape index (κ1) is 21.7. The lowest BCUT2D eigenvalue weighted by Gasteiger charge is -2.19. The summed E-state index contributed by atoms with van der Waals surface area (Å²) in [5.74, 6) is 0.0951. The first-order chi connectivity index (χ1) is 16.6. The van der Waals surface area contributed by atoms with Gasteiger partial charge in [-0.2, -0.15) is 0 Å². The maximum Gasteiger partial charge on any atom is 0.344 e. The molecule has 0 aliphatic carbocycles. The fourth-order valence-electron chi connectivity index (χ4n) is 4.05. The van der Waals surface area contributed by atoms with Crippen molar-refractivity contribution in [2.24, 2.45) is 0 Å². The number of aliphatic carboxylic acids is 1. The monoisotopic (exact) mass is 452 g/mol. The highest BCUT2D eigenvalue weighted by Crippen LogP contribution is 2.31. The number of rotatable bonds is 8. The molecule has 0 aliphatic heterocycles. The van der Waals surface area contributed by atoms with E-state index in [9.17, 15) is 4.79 Å². The van der Waals surface area contributed by atoms with E-state index in [1.165, 1.54) is 6.92 Å². The minimum atomic E-state index is -1.00. The third-order valence-corrected chi connectivity index (χ3v) is 5.76. The predicted octanol–water partition coefficient (Wildman–Crippen LogP) is 5.71. The van der Waals surface area contributed by atoms with Crippen LogP contribution in [0.5, 0.6) is 5.75 Å². The smallest absolute Gasteiger partial charge is 0.344 e. The number of nitrogens with zero attached hydrogens (tertiary/aromatic N) is 1. The van der Waals surface area contributed by atoms with Gasteiger partial charge in [-0.1, -0.05) is 66.7 Å². The number of fused-ring (bicyclic) bond motifs is 2. The molecule has 1 aromatic heterocycles. The van der Waals surface area contributed by atoms with Crippen LogP contribution in [0.2, 0.25) is 0 Å². The Bertz CT molecular complexity index is 1420. The molecular formula is C28H24N2O4. The fourth-order valence-corrected chi connectivity index (χ4v) is 4.05. The molecule has 6 heteroatoms. The lowest BCUT2D eigenvalue weighted by Crippen LogP contribution is -2.24. The second-order valence-electron chi connectivity index (χ2n) is 8.15. The van der Waals surface area contributed by atoms with Crippen molar-refractivity contribution in [3.63, 3.8) is 0 Å². The van der Waals surface area contributed by atoms with Crippen molar-refractivity contribution in [1.29, 1.82) is 0 Å². The van der Waals surface area contributed by atoms with Gasteiger partial charge in [-0.15, -0.1) is 0 Å². The maximum absolute atomic E-state index is 11.1. The standard InChI is InChI=1S/C28H24N2O4/c1-18(28(31)32)33-21-11-6-8-19(16-21)17-29-26(27-30-24-14-4-5-15-25(24)34-27)23-13-7-10-20-9-2-3-12-22(20)23/h2-16,18,26,29H,17H2,1H3,(H,31,32). The van der Waals surface area contributed by atoms with Crippen molar-refractivity contribution in [3.8, 4) is 5.75 Å². The zero-order valence-electron chi connectivity index (χ0n) is 18.6. The third kappa shape index (κ3) is 4.49. The lowest BCUT2D eigenvalue weighted by atomic mass is 9.98.